The molecule has 5 aromatic rings. The maximum Gasteiger partial charge on any atom is 0.338 e. The summed E-state index contributed by atoms with van der Waals surface area (Å²) >= 11 is 0. The number of hydrogen-bond donors (Lipinski definition) is 2. The first-order valence-electron chi connectivity index (χ1n) is 12.5. The number of furan rings is 1. The van der Waals surface area contributed by atoms with Gasteiger partial charge in [-0.25, -0.2) is 13.2 Å². The van der Waals surface area contributed by atoms with Crippen LogP contribution in [0.3, 0.4) is 0 Å². The largest absolute Gasteiger partial charge is 0.495 e. The third kappa shape index (κ3) is 5.66. The van der Waals surface area contributed by atoms with E-state index >= 15 is 0 Å². The first kappa shape index (κ1) is 27.5. The van der Waals surface area contributed by atoms with Crippen LogP contribution in [0.25, 0.3) is 21.9 Å². The fraction of sp³-hybridized carbons (Fsp3) is 0.133. The molecule has 4 aromatic carbocycles. The van der Waals surface area contributed by atoms with Crippen molar-refractivity contribution in [3.63, 3.8) is 0 Å². The Morgan fingerprint density at radius 1 is 0.780 bits per heavy atom. The number of rotatable bonds is 9. The molecule has 0 unspecified atom stereocenters. The van der Waals surface area contributed by atoms with Gasteiger partial charge in [0.2, 0.25) is 0 Å². The molecule has 1 amide bonds. The van der Waals surface area contributed by atoms with Gasteiger partial charge < -0.3 is 23.9 Å². The van der Waals surface area contributed by atoms with Crippen LogP contribution in [0.5, 0.6) is 11.5 Å². The highest BCUT2D eigenvalue weighted by Gasteiger charge is 2.23. The van der Waals surface area contributed by atoms with Gasteiger partial charge in [-0.05, 0) is 49.4 Å². The molecule has 0 saturated carbocycles. The minimum Gasteiger partial charge on any atom is -0.495 e. The van der Waals surface area contributed by atoms with E-state index < -0.39 is 28.0 Å². The van der Waals surface area contributed by atoms with Gasteiger partial charge in [-0.2, -0.15) is 0 Å². The van der Waals surface area contributed by atoms with Crippen molar-refractivity contribution in [2.45, 2.75) is 17.9 Å². The summed E-state index contributed by atoms with van der Waals surface area (Å²) < 4.78 is 50.3. The fourth-order valence-corrected chi connectivity index (χ4v) is 5.37. The number of para-hydroxylation sites is 3. The molecule has 0 aliphatic carbocycles. The monoisotopic (exact) mass is 574 g/mol. The highest BCUT2D eigenvalue weighted by atomic mass is 32.2. The molecule has 0 bridgehead atoms. The van der Waals surface area contributed by atoms with Gasteiger partial charge in [0.1, 0.15) is 22.7 Å². The molecular formula is C30H26N2O8S. The number of sulfonamides is 1. The highest BCUT2D eigenvalue weighted by Crippen LogP contribution is 2.36. The van der Waals surface area contributed by atoms with E-state index in [9.17, 15) is 18.0 Å². The van der Waals surface area contributed by atoms with Crippen molar-refractivity contribution in [1.82, 2.24) is 0 Å². The predicted molar refractivity (Wildman–Crippen MR) is 154 cm³/mol. The maximum absolute atomic E-state index is 13.0. The number of esters is 1. The van der Waals surface area contributed by atoms with E-state index in [2.05, 4.69) is 10.0 Å². The number of nitrogens with one attached hydrogen (secondary N) is 2. The zero-order valence-electron chi connectivity index (χ0n) is 22.3. The fourth-order valence-electron chi connectivity index (χ4n) is 4.26. The van der Waals surface area contributed by atoms with Gasteiger partial charge in [0.25, 0.3) is 15.9 Å². The van der Waals surface area contributed by atoms with E-state index in [4.69, 9.17) is 18.6 Å². The third-order valence-corrected chi connectivity index (χ3v) is 7.70. The van der Waals surface area contributed by atoms with E-state index in [-0.39, 0.29) is 16.1 Å². The molecule has 0 saturated heterocycles. The van der Waals surface area contributed by atoms with Crippen molar-refractivity contribution in [1.29, 1.82) is 0 Å². The van der Waals surface area contributed by atoms with E-state index in [0.29, 0.717) is 28.4 Å². The molecule has 10 nitrogen and oxygen atoms in total. The number of fused-ring (bicyclic) bond motifs is 3. The van der Waals surface area contributed by atoms with E-state index in [1.54, 1.807) is 36.4 Å². The van der Waals surface area contributed by atoms with Crippen molar-refractivity contribution in [2.75, 3.05) is 24.3 Å². The Hall–Kier alpha value is -5.03. The number of carbonyl (C=O) groups is 2. The minimum atomic E-state index is -4.06. The van der Waals surface area contributed by atoms with Crippen LogP contribution in [0.4, 0.5) is 11.4 Å². The van der Waals surface area contributed by atoms with E-state index in [0.717, 1.165) is 10.8 Å². The number of benzene rings is 4. The molecule has 5 rings (SSSR count). The smallest absolute Gasteiger partial charge is 0.338 e. The van der Waals surface area contributed by atoms with Crippen molar-refractivity contribution in [3.8, 4) is 11.5 Å². The molecule has 1 heterocycles. The zero-order chi connectivity index (χ0) is 29.1. The van der Waals surface area contributed by atoms with Gasteiger partial charge >= 0.3 is 5.97 Å². The Bertz CT molecular complexity index is 1880. The maximum atomic E-state index is 13.0. The zero-order valence-corrected chi connectivity index (χ0v) is 23.2. The van der Waals surface area contributed by atoms with Gasteiger partial charge in [-0.15, -0.1) is 0 Å². The lowest BCUT2D eigenvalue weighted by atomic mass is 10.1. The lowest BCUT2D eigenvalue weighted by molar-refractivity contribution is -0.123. The van der Waals surface area contributed by atoms with Crippen LogP contribution in [0, 0.1) is 0 Å². The number of methoxy groups -OCH3 is 2. The first-order chi connectivity index (χ1) is 19.7. The molecule has 1 aromatic heterocycles. The number of anilines is 2. The topological polar surface area (TPSA) is 133 Å². The summed E-state index contributed by atoms with van der Waals surface area (Å²) in [6.45, 7) is 1.41. The summed E-state index contributed by atoms with van der Waals surface area (Å²) in [6.07, 6.45) is -1.22. The quantitative estimate of drug-likeness (QED) is 0.218. The van der Waals surface area contributed by atoms with Crippen LogP contribution < -0.4 is 19.5 Å². The van der Waals surface area contributed by atoms with Crippen molar-refractivity contribution in [2.24, 2.45) is 0 Å². The summed E-state index contributed by atoms with van der Waals surface area (Å²) in [7, 11) is -1.16. The van der Waals surface area contributed by atoms with Gasteiger partial charge in [-0.3, -0.25) is 9.52 Å². The molecule has 1 atom stereocenters. The van der Waals surface area contributed by atoms with Crippen LogP contribution in [-0.2, 0) is 19.6 Å². The Morgan fingerprint density at radius 3 is 2.29 bits per heavy atom. The predicted octanol–water partition coefficient (Wildman–Crippen LogP) is 5.59. The van der Waals surface area contributed by atoms with Gasteiger partial charge in [0.15, 0.2) is 6.10 Å². The summed E-state index contributed by atoms with van der Waals surface area (Å²) in [5.41, 5.74) is 1.77. The first-order valence-corrected chi connectivity index (χ1v) is 14.0. The summed E-state index contributed by atoms with van der Waals surface area (Å²) in [5, 5.41) is 4.44. The summed E-state index contributed by atoms with van der Waals surface area (Å²) in [6, 6.07) is 22.8. The molecule has 2 N–H and O–H groups in total. The van der Waals surface area contributed by atoms with Crippen LogP contribution in [0.2, 0.25) is 0 Å². The average Bonchev–Trinajstić information content (AvgIpc) is 3.34. The molecule has 11 heteroatoms. The average molecular weight is 575 g/mol. The lowest BCUT2D eigenvalue weighted by Gasteiger charge is -2.16. The van der Waals surface area contributed by atoms with Crippen LogP contribution in [-0.4, -0.2) is 40.6 Å². The Labute approximate surface area is 235 Å². The second-order valence-electron chi connectivity index (χ2n) is 9.02. The van der Waals surface area contributed by atoms with Crippen LogP contribution in [0.15, 0.2) is 94.2 Å². The SMILES string of the molecule is COc1cc2c(cc1NC(=O)[C@@H](C)OC(=O)c1cccc(S(=O)(=O)Nc3ccccc3OC)c1)oc1ccccc12. The number of carbonyl (C=O) groups excluding carboxylic acids is 2. The molecule has 0 aliphatic rings. The van der Waals surface area contributed by atoms with Crippen molar-refractivity contribution >= 4 is 55.2 Å². The second kappa shape index (κ2) is 11.2. The molecule has 0 aliphatic heterocycles. The molecule has 0 spiro atoms. The summed E-state index contributed by atoms with van der Waals surface area (Å²) in [5.74, 6) is -0.755. The Kier molecular flexibility index (Phi) is 7.54. The normalized spacial score (nSPS) is 12.1. The number of amides is 1. The van der Waals surface area contributed by atoms with Crippen LogP contribution >= 0.6 is 0 Å². The Morgan fingerprint density at radius 2 is 1.51 bits per heavy atom. The number of hydrogen-bond acceptors (Lipinski definition) is 8. The standard InChI is InChI=1S/C30H26N2O8S/c1-18(29(33)31-24-17-27-22(16-28(24)38-3)21-11-4-6-13-25(21)40-27)39-30(34)19-9-8-10-20(15-19)41(35,36)32-23-12-5-7-14-26(23)37-2/h4-18,32H,1-3H3,(H,31,33)/t18-/m1/s1. The molecule has 0 radical (unpaired) electrons. The van der Waals surface area contributed by atoms with Crippen molar-refractivity contribution < 1.29 is 36.6 Å². The lowest BCUT2D eigenvalue weighted by Crippen LogP contribution is -2.30. The van der Waals surface area contributed by atoms with Crippen LogP contribution in [0.1, 0.15) is 17.3 Å². The molecular weight excluding hydrogens is 548 g/mol. The van der Waals surface area contributed by atoms with Gasteiger partial charge in [0.05, 0.1) is 36.1 Å². The molecule has 0 fully saturated rings. The van der Waals surface area contributed by atoms with Gasteiger partial charge in [-0.1, -0.05) is 36.4 Å². The van der Waals surface area contributed by atoms with Gasteiger partial charge in [0, 0.05) is 16.8 Å². The molecule has 41 heavy (non-hydrogen) atoms. The third-order valence-electron chi connectivity index (χ3n) is 6.34. The Balaban J connectivity index is 1.30. The minimum absolute atomic E-state index is 0.0474. The van der Waals surface area contributed by atoms with E-state index in [1.807, 2.05) is 24.3 Å². The second-order valence-corrected chi connectivity index (χ2v) is 10.7. The summed E-state index contributed by atoms with van der Waals surface area (Å²) in [4.78, 5) is 25.7. The highest BCUT2D eigenvalue weighted by molar-refractivity contribution is 7.92. The molecule has 210 valence electrons. The van der Waals surface area contributed by atoms with E-state index in [1.165, 1.54) is 45.4 Å². The number of ether oxygens (including phenoxy) is 3. The van der Waals surface area contributed by atoms with Crippen molar-refractivity contribution in [3.05, 3.63) is 90.5 Å².